The number of nitriles is 1. The van der Waals surface area contributed by atoms with Gasteiger partial charge in [0.1, 0.15) is 29.5 Å². The monoisotopic (exact) mass is 657 g/mol. The SMILES string of the molecule is N#CC[C@H]1CN(c2nc(OC[C@@H]3CCCN3CC(F)F)nc3c(F)c(-c4cccc5ccc(F)c(Cl)c45)ncc23)CCN1C(=O)O. The fourth-order valence-electron chi connectivity index (χ4n) is 6.27. The maximum absolute atomic E-state index is 16.6. The summed E-state index contributed by atoms with van der Waals surface area (Å²) < 4.78 is 63.3. The topological polar surface area (TPSA) is 119 Å². The Bertz CT molecular complexity index is 1840. The van der Waals surface area contributed by atoms with Crippen molar-refractivity contribution in [3.63, 3.8) is 0 Å². The summed E-state index contributed by atoms with van der Waals surface area (Å²) in [5.41, 5.74) is -0.0668. The van der Waals surface area contributed by atoms with Crippen LogP contribution in [0.3, 0.4) is 0 Å². The van der Waals surface area contributed by atoms with Crippen molar-refractivity contribution < 1.29 is 32.2 Å². The van der Waals surface area contributed by atoms with E-state index in [9.17, 15) is 28.3 Å². The first-order valence-corrected chi connectivity index (χ1v) is 15.0. The Morgan fingerprint density at radius 2 is 1.98 bits per heavy atom. The summed E-state index contributed by atoms with van der Waals surface area (Å²) in [6, 6.07) is 8.50. The molecule has 4 aromatic rings. The zero-order valence-corrected chi connectivity index (χ0v) is 25.1. The molecule has 4 heterocycles. The van der Waals surface area contributed by atoms with E-state index in [1.807, 2.05) is 6.07 Å². The van der Waals surface area contributed by atoms with E-state index in [2.05, 4.69) is 15.0 Å². The van der Waals surface area contributed by atoms with Crippen LogP contribution in [-0.2, 0) is 0 Å². The third kappa shape index (κ3) is 6.04. The van der Waals surface area contributed by atoms with E-state index in [1.54, 1.807) is 28.0 Å². The quantitative estimate of drug-likeness (QED) is 0.229. The van der Waals surface area contributed by atoms with Crippen LogP contribution < -0.4 is 9.64 Å². The van der Waals surface area contributed by atoms with E-state index >= 15 is 4.39 Å². The highest BCUT2D eigenvalue weighted by atomic mass is 35.5. The number of alkyl halides is 2. The highest BCUT2D eigenvalue weighted by Gasteiger charge is 2.33. The molecule has 2 aliphatic rings. The van der Waals surface area contributed by atoms with E-state index in [0.717, 1.165) is 6.42 Å². The van der Waals surface area contributed by atoms with Crippen molar-refractivity contribution >= 4 is 45.2 Å². The molecule has 1 amide bonds. The Labute approximate surface area is 265 Å². The van der Waals surface area contributed by atoms with Gasteiger partial charge in [-0.25, -0.2) is 22.4 Å². The number of benzene rings is 2. The number of nitrogens with zero attached hydrogens (tertiary/aromatic N) is 7. The van der Waals surface area contributed by atoms with E-state index in [1.165, 1.54) is 23.2 Å². The third-order valence-corrected chi connectivity index (χ3v) is 8.83. The number of ether oxygens (including phenoxy) is 1. The number of anilines is 1. The van der Waals surface area contributed by atoms with Gasteiger partial charge in [0.15, 0.2) is 5.82 Å². The number of aromatic nitrogens is 3. The molecule has 1 N–H and O–H groups in total. The summed E-state index contributed by atoms with van der Waals surface area (Å²) in [5, 5.41) is 19.9. The maximum Gasteiger partial charge on any atom is 0.407 e. The Morgan fingerprint density at radius 1 is 1.15 bits per heavy atom. The molecule has 2 aromatic heterocycles. The second-order valence-electron chi connectivity index (χ2n) is 11.2. The highest BCUT2D eigenvalue weighted by molar-refractivity contribution is 6.36. The molecular weight excluding hydrogens is 630 g/mol. The minimum absolute atomic E-state index is 0.0146. The largest absolute Gasteiger partial charge is 0.465 e. The molecule has 46 heavy (non-hydrogen) atoms. The van der Waals surface area contributed by atoms with Gasteiger partial charge in [-0.1, -0.05) is 35.9 Å². The van der Waals surface area contributed by atoms with Crippen molar-refractivity contribution in [2.45, 2.75) is 37.8 Å². The molecular formula is C31H28ClF4N7O3. The van der Waals surface area contributed by atoms with Gasteiger partial charge in [0.05, 0.1) is 35.5 Å². The summed E-state index contributed by atoms with van der Waals surface area (Å²) in [7, 11) is 0. The number of piperazine rings is 1. The van der Waals surface area contributed by atoms with Gasteiger partial charge in [0.25, 0.3) is 6.43 Å². The van der Waals surface area contributed by atoms with Crippen molar-refractivity contribution in [3.8, 4) is 23.3 Å². The molecule has 0 spiro atoms. The van der Waals surface area contributed by atoms with Crippen LogP contribution in [0.5, 0.6) is 6.01 Å². The highest BCUT2D eigenvalue weighted by Crippen LogP contribution is 2.38. The van der Waals surface area contributed by atoms with Crippen LogP contribution in [0.25, 0.3) is 32.9 Å². The smallest absolute Gasteiger partial charge is 0.407 e. The Balaban J connectivity index is 1.45. The predicted octanol–water partition coefficient (Wildman–Crippen LogP) is 5.97. The zero-order chi connectivity index (χ0) is 32.5. The van der Waals surface area contributed by atoms with Crippen LogP contribution in [0.2, 0.25) is 5.02 Å². The van der Waals surface area contributed by atoms with Crippen LogP contribution in [0.15, 0.2) is 36.5 Å². The van der Waals surface area contributed by atoms with Gasteiger partial charge in [-0.2, -0.15) is 15.2 Å². The second kappa shape index (κ2) is 13.1. The number of rotatable bonds is 8. The van der Waals surface area contributed by atoms with Gasteiger partial charge >= 0.3 is 12.1 Å². The standard InChI is InChI=1S/C31H28ClF4N7O3/c32-25-22(33)7-6-17-3-1-5-20(24(17)25)27-26(36)28-21(13-38-27)29(42-11-12-43(31(44)45)18(14-42)8-9-37)40-30(39-28)46-16-19-4-2-10-41(19)15-23(34)35/h1,3,5-7,13,18-19,23H,2,4,8,10-12,14-16H2,(H,44,45)/t18-,19-/m0/s1. The number of halogens is 5. The van der Waals surface area contributed by atoms with Crippen molar-refractivity contribution in [2.24, 2.45) is 0 Å². The number of amides is 1. The molecule has 2 atom stereocenters. The van der Waals surface area contributed by atoms with Gasteiger partial charge in [0.2, 0.25) is 0 Å². The normalized spacial score (nSPS) is 18.9. The molecule has 2 aromatic carbocycles. The minimum Gasteiger partial charge on any atom is -0.465 e. The first-order chi connectivity index (χ1) is 22.2. The number of likely N-dealkylation sites (tertiary alicyclic amines) is 1. The molecule has 0 bridgehead atoms. The first-order valence-electron chi connectivity index (χ1n) is 14.7. The fourth-order valence-corrected chi connectivity index (χ4v) is 6.55. The third-order valence-electron chi connectivity index (χ3n) is 8.47. The van der Waals surface area contributed by atoms with Crippen molar-refractivity contribution in [3.05, 3.63) is 53.2 Å². The number of hydrogen-bond acceptors (Lipinski definition) is 8. The second-order valence-corrected chi connectivity index (χ2v) is 11.6. The molecule has 240 valence electrons. The van der Waals surface area contributed by atoms with Gasteiger partial charge in [-0.05, 0) is 30.8 Å². The molecule has 0 saturated carbocycles. The average molecular weight is 658 g/mol. The molecule has 10 nitrogen and oxygen atoms in total. The average Bonchev–Trinajstić information content (AvgIpc) is 3.47. The summed E-state index contributed by atoms with van der Waals surface area (Å²) in [5.74, 6) is -1.32. The van der Waals surface area contributed by atoms with Crippen LogP contribution >= 0.6 is 11.6 Å². The number of hydrogen-bond donors (Lipinski definition) is 1. The van der Waals surface area contributed by atoms with E-state index in [-0.39, 0.29) is 83.1 Å². The van der Waals surface area contributed by atoms with Crippen LogP contribution in [0.4, 0.5) is 28.2 Å². The molecule has 15 heteroatoms. The van der Waals surface area contributed by atoms with Crippen LogP contribution in [-0.4, -0.2) is 93.8 Å². The lowest BCUT2D eigenvalue weighted by molar-refractivity contribution is 0.0684. The van der Waals surface area contributed by atoms with Gasteiger partial charge in [0, 0.05) is 42.8 Å². The summed E-state index contributed by atoms with van der Waals surface area (Å²) >= 11 is 6.33. The minimum atomic E-state index is -2.51. The Morgan fingerprint density at radius 3 is 2.74 bits per heavy atom. The van der Waals surface area contributed by atoms with Crippen molar-refractivity contribution in [2.75, 3.05) is 44.2 Å². The molecule has 2 saturated heterocycles. The maximum atomic E-state index is 16.6. The molecule has 2 fully saturated rings. The number of carboxylic acid groups (broad SMARTS) is 1. The lowest BCUT2D eigenvalue weighted by Gasteiger charge is -2.39. The number of fused-ring (bicyclic) bond motifs is 2. The number of carbonyl (C=O) groups is 1. The first kappa shape index (κ1) is 31.5. The Hall–Kier alpha value is -4.48. The van der Waals surface area contributed by atoms with Gasteiger partial charge < -0.3 is 19.6 Å². The fraction of sp³-hybridized carbons (Fsp3) is 0.387. The molecule has 0 radical (unpaired) electrons. The van der Waals surface area contributed by atoms with Crippen LogP contribution in [0, 0.1) is 23.0 Å². The lowest BCUT2D eigenvalue weighted by Crippen LogP contribution is -2.55. The van der Waals surface area contributed by atoms with Gasteiger partial charge in [-0.3, -0.25) is 9.88 Å². The molecule has 2 aliphatic heterocycles. The molecule has 6 rings (SSSR count). The zero-order valence-electron chi connectivity index (χ0n) is 24.3. The summed E-state index contributed by atoms with van der Waals surface area (Å²) in [6.07, 6.45) is -1.03. The Kier molecular flexibility index (Phi) is 8.97. The summed E-state index contributed by atoms with van der Waals surface area (Å²) in [6.45, 7) is 0.392. The number of pyridine rings is 1. The van der Waals surface area contributed by atoms with E-state index in [4.69, 9.17) is 16.3 Å². The van der Waals surface area contributed by atoms with Crippen molar-refractivity contribution in [1.29, 1.82) is 5.26 Å². The van der Waals surface area contributed by atoms with E-state index in [0.29, 0.717) is 18.4 Å². The van der Waals surface area contributed by atoms with Crippen molar-refractivity contribution in [1.82, 2.24) is 24.8 Å². The van der Waals surface area contributed by atoms with E-state index < -0.39 is 36.7 Å². The predicted molar refractivity (Wildman–Crippen MR) is 162 cm³/mol. The summed E-state index contributed by atoms with van der Waals surface area (Å²) in [4.78, 5) is 29.7. The molecule has 0 aliphatic carbocycles. The lowest BCUT2D eigenvalue weighted by atomic mass is 10.0. The molecule has 0 unspecified atom stereocenters. The van der Waals surface area contributed by atoms with Crippen LogP contribution in [0.1, 0.15) is 19.3 Å². The van der Waals surface area contributed by atoms with Gasteiger partial charge in [-0.15, -0.1) is 0 Å².